The van der Waals surface area contributed by atoms with Crippen LogP contribution in [0.1, 0.15) is 35.6 Å². The minimum atomic E-state index is -0.391. The van der Waals surface area contributed by atoms with E-state index in [0.717, 1.165) is 36.4 Å². The van der Waals surface area contributed by atoms with Crippen molar-refractivity contribution >= 4 is 0 Å². The average molecular weight is 233 g/mol. The van der Waals surface area contributed by atoms with Gasteiger partial charge in [0, 0.05) is 24.9 Å². The average Bonchev–Trinajstić information content (AvgIpc) is 2.69. The molecule has 2 atom stereocenters. The Labute approximate surface area is 102 Å². The fourth-order valence-corrected chi connectivity index (χ4v) is 3.08. The van der Waals surface area contributed by atoms with Gasteiger partial charge in [-0.25, -0.2) is 0 Å². The van der Waals surface area contributed by atoms with E-state index in [2.05, 4.69) is 25.2 Å². The molecule has 1 aromatic rings. The number of aliphatic hydroxyl groups excluding tert-OH is 1. The summed E-state index contributed by atoms with van der Waals surface area (Å²) in [6.07, 6.45) is 1.30. The van der Waals surface area contributed by atoms with E-state index in [9.17, 15) is 5.11 Å². The van der Waals surface area contributed by atoms with Crippen LogP contribution in [0.2, 0.25) is 0 Å². The molecule has 0 amide bonds. The molecule has 2 unspecified atom stereocenters. The number of aryl methyl sites for hydroxylation is 2. The highest BCUT2D eigenvalue weighted by Gasteiger charge is 2.43. The molecule has 0 aromatic heterocycles. The van der Waals surface area contributed by atoms with Crippen molar-refractivity contribution in [3.05, 3.63) is 28.8 Å². The first-order valence-corrected chi connectivity index (χ1v) is 6.29. The zero-order valence-electron chi connectivity index (χ0n) is 10.4. The Morgan fingerprint density at radius 2 is 2.24 bits per heavy atom. The molecule has 1 fully saturated rings. The third-order valence-electron chi connectivity index (χ3n) is 3.90. The maximum atomic E-state index is 10.3. The summed E-state index contributed by atoms with van der Waals surface area (Å²) in [5, 5.41) is 13.7. The number of ether oxygens (including phenoxy) is 1. The summed E-state index contributed by atoms with van der Waals surface area (Å²) in [4.78, 5) is 0. The van der Waals surface area contributed by atoms with E-state index in [0.29, 0.717) is 6.42 Å². The lowest BCUT2D eigenvalue weighted by molar-refractivity contribution is -0.000953. The van der Waals surface area contributed by atoms with E-state index in [-0.39, 0.29) is 5.60 Å². The molecule has 2 heterocycles. The van der Waals surface area contributed by atoms with Gasteiger partial charge in [0.1, 0.15) is 11.4 Å². The lowest BCUT2D eigenvalue weighted by Gasteiger charge is -2.38. The van der Waals surface area contributed by atoms with E-state index in [1.807, 2.05) is 6.07 Å². The predicted molar refractivity (Wildman–Crippen MR) is 66.3 cm³/mol. The number of hydrogen-bond acceptors (Lipinski definition) is 3. The Morgan fingerprint density at radius 1 is 1.41 bits per heavy atom. The smallest absolute Gasteiger partial charge is 0.128 e. The third-order valence-corrected chi connectivity index (χ3v) is 3.90. The molecule has 2 aliphatic rings. The number of hydrogen-bond donors (Lipinski definition) is 2. The Hall–Kier alpha value is -1.06. The van der Waals surface area contributed by atoms with E-state index in [1.54, 1.807) is 0 Å². The molecule has 17 heavy (non-hydrogen) atoms. The second-order valence-corrected chi connectivity index (χ2v) is 5.43. The molecule has 3 heteroatoms. The summed E-state index contributed by atoms with van der Waals surface area (Å²) >= 11 is 0. The van der Waals surface area contributed by atoms with Crippen molar-refractivity contribution < 1.29 is 9.84 Å². The van der Waals surface area contributed by atoms with E-state index < -0.39 is 6.10 Å². The zero-order chi connectivity index (χ0) is 12.0. The fraction of sp³-hybridized carbons (Fsp3) is 0.571. The molecular weight excluding hydrogens is 214 g/mol. The maximum absolute atomic E-state index is 10.3. The van der Waals surface area contributed by atoms with Gasteiger partial charge in [-0.15, -0.1) is 0 Å². The van der Waals surface area contributed by atoms with Gasteiger partial charge in [-0.1, -0.05) is 11.6 Å². The minimum absolute atomic E-state index is 0.188. The standard InChI is InChI=1S/C14H19NO2/c1-9-5-10(2)13-11(6-9)12(16)7-14(17-13)3-4-15-8-14/h5-6,12,15-16H,3-4,7-8H2,1-2H3. The molecular formula is C14H19NO2. The number of fused-ring (bicyclic) bond motifs is 1. The van der Waals surface area contributed by atoms with Gasteiger partial charge in [-0.05, 0) is 32.0 Å². The molecule has 1 saturated heterocycles. The van der Waals surface area contributed by atoms with E-state index in [4.69, 9.17) is 4.74 Å². The first-order valence-electron chi connectivity index (χ1n) is 6.29. The van der Waals surface area contributed by atoms with Crippen LogP contribution in [0.5, 0.6) is 5.75 Å². The van der Waals surface area contributed by atoms with Crippen molar-refractivity contribution in [2.45, 2.75) is 38.4 Å². The number of nitrogens with one attached hydrogen (secondary N) is 1. The topological polar surface area (TPSA) is 41.5 Å². The SMILES string of the molecule is Cc1cc(C)c2c(c1)C(O)CC1(CCNC1)O2. The van der Waals surface area contributed by atoms with Crippen LogP contribution in [0.4, 0.5) is 0 Å². The van der Waals surface area contributed by atoms with Crippen molar-refractivity contribution in [1.29, 1.82) is 0 Å². The molecule has 3 nitrogen and oxygen atoms in total. The lowest BCUT2D eigenvalue weighted by Crippen LogP contribution is -2.43. The van der Waals surface area contributed by atoms with Gasteiger partial charge in [-0.3, -0.25) is 0 Å². The molecule has 0 radical (unpaired) electrons. The van der Waals surface area contributed by atoms with Crippen molar-refractivity contribution in [3.63, 3.8) is 0 Å². The Bertz CT molecular complexity index is 450. The first kappa shape index (κ1) is 11.1. The molecule has 1 spiro atoms. The summed E-state index contributed by atoms with van der Waals surface area (Å²) in [7, 11) is 0. The molecule has 2 aliphatic heterocycles. The normalized spacial score (nSPS) is 31.4. The Kier molecular flexibility index (Phi) is 2.42. The summed E-state index contributed by atoms with van der Waals surface area (Å²) in [5.41, 5.74) is 3.08. The highest BCUT2D eigenvalue weighted by atomic mass is 16.5. The zero-order valence-corrected chi connectivity index (χ0v) is 10.4. The highest BCUT2D eigenvalue weighted by molar-refractivity contribution is 5.47. The van der Waals surface area contributed by atoms with Crippen LogP contribution >= 0.6 is 0 Å². The molecule has 3 rings (SSSR count). The minimum Gasteiger partial charge on any atom is -0.485 e. The van der Waals surface area contributed by atoms with Crippen molar-refractivity contribution in [1.82, 2.24) is 5.32 Å². The van der Waals surface area contributed by atoms with Gasteiger partial charge in [-0.2, -0.15) is 0 Å². The van der Waals surface area contributed by atoms with Crippen LogP contribution in [0.3, 0.4) is 0 Å². The predicted octanol–water partition coefficient (Wildman–Crippen LogP) is 1.85. The Balaban J connectivity index is 2.06. The summed E-state index contributed by atoms with van der Waals surface area (Å²) < 4.78 is 6.21. The van der Waals surface area contributed by atoms with Crippen molar-refractivity contribution in [2.75, 3.05) is 13.1 Å². The maximum Gasteiger partial charge on any atom is 0.128 e. The van der Waals surface area contributed by atoms with Crippen LogP contribution < -0.4 is 10.1 Å². The number of aliphatic hydroxyl groups is 1. The third kappa shape index (κ3) is 1.74. The summed E-state index contributed by atoms with van der Waals surface area (Å²) in [6.45, 7) is 5.94. The van der Waals surface area contributed by atoms with Crippen molar-refractivity contribution in [3.8, 4) is 5.75 Å². The number of benzene rings is 1. The first-order chi connectivity index (χ1) is 8.10. The van der Waals surface area contributed by atoms with Crippen molar-refractivity contribution in [2.24, 2.45) is 0 Å². The molecule has 0 saturated carbocycles. The Morgan fingerprint density at radius 3 is 2.94 bits per heavy atom. The number of rotatable bonds is 0. The van der Waals surface area contributed by atoms with Crippen LogP contribution in [-0.4, -0.2) is 23.8 Å². The van der Waals surface area contributed by atoms with Gasteiger partial charge >= 0.3 is 0 Å². The molecule has 0 aliphatic carbocycles. The van der Waals surface area contributed by atoms with Gasteiger partial charge in [0.05, 0.1) is 6.10 Å². The molecule has 2 N–H and O–H groups in total. The summed E-state index contributed by atoms with van der Waals surface area (Å²) in [6, 6.07) is 4.16. The molecule has 0 bridgehead atoms. The molecule has 92 valence electrons. The fourth-order valence-electron chi connectivity index (χ4n) is 3.08. The summed E-state index contributed by atoms with van der Waals surface area (Å²) in [5.74, 6) is 0.901. The second-order valence-electron chi connectivity index (χ2n) is 5.43. The van der Waals surface area contributed by atoms with Crippen LogP contribution in [0.25, 0.3) is 0 Å². The largest absolute Gasteiger partial charge is 0.485 e. The van der Waals surface area contributed by atoms with Crippen LogP contribution in [0, 0.1) is 13.8 Å². The lowest BCUT2D eigenvalue weighted by atomic mass is 9.86. The second kappa shape index (κ2) is 3.72. The van der Waals surface area contributed by atoms with Crippen LogP contribution in [-0.2, 0) is 0 Å². The van der Waals surface area contributed by atoms with Crippen LogP contribution in [0.15, 0.2) is 12.1 Å². The molecule has 1 aromatic carbocycles. The highest BCUT2D eigenvalue weighted by Crippen LogP contribution is 2.44. The van der Waals surface area contributed by atoms with E-state index in [1.165, 1.54) is 5.56 Å². The van der Waals surface area contributed by atoms with E-state index >= 15 is 0 Å². The van der Waals surface area contributed by atoms with Gasteiger partial charge in [0.15, 0.2) is 0 Å². The monoisotopic (exact) mass is 233 g/mol. The van der Waals surface area contributed by atoms with Gasteiger partial charge < -0.3 is 15.2 Å². The quantitative estimate of drug-likeness (QED) is 0.718. The van der Waals surface area contributed by atoms with Gasteiger partial charge in [0.25, 0.3) is 0 Å². The van der Waals surface area contributed by atoms with Gasteiger partial charge in [0.2, 0.25) is 0 Å².